The fourth-order valence-corrected chi connectivity index (χ4v) is 5.64. The number of H-pyrrole nitrogens is 1. The van der Waals surface area contributed by atoms with E-state index in [0.717, 1.165) is 46.7 Å². The van der Waals surface area contributed by atoms with Gasteiger partial charge in [0.1, 0.15) is 5.75 Å². The third kappa shape index (κ3) is 4.60. The lowest BCUT2D eigenvalue weighted by Crippen LogP contribution is -2.62. The molecule has 5 rings (SSSR count). The molecule has 0 radical (unpaired) electrons. The average molecular weight is 447 g/mol. The molecule has 0 amide bonds. The molecule has 2 N–H and O–H groups in total. The zero-order valence-electron chi connectivity index (χ0n) is 20.2. The molecule has 7 nitrogen and oxygen atoms in total. The summed E-state index contributed by atoms with van der Waals surface area (Å²) in [5.74, 6) is 1.78. The summed E-state index contributed by atoms with van der Waals surface area (Å²) in [7, 11) is 1.71. The van der Waals surface area contributed by atoms with Gasteiger partial charge in [0, 0.05) is 46.0 Å². The van der Waals surface area contributed by atoms with E-state index in [4.69, 9.17) is 4.74 Å². The Kier molecular flexibility index (Phi) is 5.40. The maximum absolute atomic E-state index is 5.77. The first-order valence-electron chi connectivity index (χ1n) is 11.8. The van der Waals surface area contributed by atoms with E-state index >= 15 is 0 Å². The fraction of sp³-hybridized carbons (Fsp3) is 0.500. The molecule has 0 unspecified atom stereocenters. The number of aromatic nitrogens is 4. The van der Waals surface area contributed by atoms with Gasteiger partial charge >= 0.3 is 0 Å². The van der Waals surface area contributed by atoms with Crippen molar-refractivity contribution in [2.24, 2.45) is 0 Å². The van der Waals surface area contributed by atoms with E-state index in [1.807, 2.05) is 18.6 Å². The van der Waals surface area contributed by atoms with Gasteiger partial charge in [0.2, 0.25) is 0 Å². The number of ether oxygens (including phenoxy) is 1. The summed E-state index contributed by atoms with van der Waals surface area (Å²) in [6.07, 6.45) is 10.1. The summed E-state index contributed by atoms with van der Waals surface area (Å²) < 4.78 is 5.77. The normalized spacial score (nSPS) is 19.9. The van der Waals surface area contributed by atoms with E-state index in [-0.39, 0.29) is 11.1 Å². The van der Waals surface area contributed by atoms with Crippen molar-refractivity contribution in [2.45, 2.75) is 76.5 Å². The Morgan fingerprint density at radius 3 is 2.33 bits per heavy atom. The van der Waals surface area contributed by atoms with Crippen LogP contribution in [-0.4, -0.2) is 50.7 Å². The van der Waals surface area contributed by atoms with Crippen molar-refractivity contribution in [1.82, 2.24) is 25.7 Å². The second-order valence-corrected chi connectivity index (χ2v) is 10.8. The summed E-state index contributed by atoms with van der Waals surface area (Å²) >= 11 is 0. The summed E-state index contributed by atoms with van der Waals surface area (Å²) in [6.45, 7) is 9.22. The number of anilines is 1. The number of hydrogen-bond donors (Lipinski definition) is 2. The highest BCUT2D eigenvalue weighted by molar-refractivity contribution is 5.76. The van der Waals surface area contributed by atoms with Crippen molar-refractivity contribution in [3.63, 3.8) is 0 Å². The van der Waals surface area contributed by atoms with Crippen molar-refractivity contribution in [3.8, 4) is 28.0 Å². The van der Waals surface area contributed by atoms with E-state index in [0.29, 0.717) is 12.1 Å². The van der Waals surface area contributed by atoms with Gasteiger partial charge in [-0.25, -0.2) is 0 Å². The number of aromatic amines is 1. The number of piperidine rings is 1. The number of hydrogen-bond acceptors (Lipinski definition) is 6. The van der Waals surface area contributed by atoms with Crippen LogP contribution in [0.15, 0.2) is 42.9 Å². The highest BCUT2D eigenvalue weighted by atomic mass is 16.5. The maximum Gasteiger partial charge on any atom is 0.152 e. The molecule has 1 aliphatic carbocycles. The molecule has 3 aromatic rings. The van der Waals surface area contributed by atoms with Gasteiger partial charge in [-0.2, -0.15) is 10.2 Å². The van der Waals surface area contributed by atoms with Crippen LogP contribution in [0.5, 0.6) is 5.75 Å². The van der Waals surface area contributed by atoms with Gasteiger partial charge in [0.15, 0.2) is 5.82 Å². The minimum absolute atomic E-state index is 0.0801. The molecule has 0 atom stereocenters. The second-order valence-electron chi connectivity index (χ2n) is 10.8. The lowest BCUT2D eigenvalue weighted by Gasteiger charge is -2.50. The van der Waals surface area contributed by atoms with Gasteiger partial charge in [-0.05, 0) is 77.1 Å². The Morgan fingerprint density at radius 1 is 0.939 bits per heavy atom. The van der Waals surface area contributed by atoms with Crippen molar-refractivity contribution in [3.05, 3.63) is 42.9 Å². The molecule has 2 aromatic heterocycles. The van der Waals surface area contributed by atoms with Gasteiger partial charge in [-0.3, -0.25) is 5.10 Å². The number of benzene rings is 1. The predicted molar refractivity (Wildman–Crippen MR) is 131 cm³/mol. The van der Waals surface area contributed by atoms with Crippen LogP contribution in [0.25, 0.3) is 22.3 Å². The fourth-order valence-electron chi connectivity index (χ4n) is 5.64. The number of methoxy groups -OCH3 is 1. The highest BCUT2D eigenvalue weighted by Crippen LogP contribution is 2.41. The third-order valence-electron chi connectivity index (χ3n) is 6.75. The predicted octanol–water partition coefficient (Wildman–Crippen LogP) is 4.82. The van der Waals surface area contributed by atoms with Gasteiger partial charge in [0.25, 0.3) is 0 Å². The zero-order chi connectivity index (χ0) is 23.2. The first-order chi connectivity index (χ1) is 15.7. The maximum atomic E-state index is 5.77. The molecule has 2 fully saturated rings. The molecule has 1 saturated heterocycles. The Bertz CT molecular complexity index is 1100. The summed E-state index contributed by atoms with van der Waals surface area (Å²) in [5.41, 5.74) is 4.29. The van der Waals surface area contributed by atoms with Crippen molar-refractivity contribution in [2.75, 3.05) is 12.0 Å². The van der Waals surface area contributed by atoms with Crippen LogP contribution in [-0.2, 0) is 0 Å². The molecule has 1 aliphatic heterocycles. The summed E-state index contributed by atoms with van der Waals surface area (Å²) in [5, 5.41) is 19.8. The first kappa shape index (κ1) is 21.9. The first-order valence-corrected chi connectivity index (χ1v) is 11.8. The molecule has 2 aliphatic rings. The standard InChI is InChI=1S/C26H34N6O/c1-25(2)12-21(13-26(3,4)31-25)32(20-7-8-20)24-11-18(14-29-30-24)22-9-6-17(10-23(22)33-5)19-15-27-28-16-19/h6,9-11,14-16,20-21,31H,7-8,12-13H2,1-5H3,(H,27,28). The molecule has 0 bridgehead atoms. The number of nitrogens with zero attached hydrogens (tertiary/aromatic N) is 4. The van der Waals surface area contributed by atoms with Crippen molar-refractivity contribution >= 4 is 5.82 Å². The van der Waals surface area contributed by atoms with E-state index in [1.165, 1.54) is 12.8 Å². The number of nitrogens with one attached hydrogen (secondary N) is 2. The monoisotopic (exact) mass is 446 g/mol. The lowest BCUT2D eigenvalue weighted by atomic mass is 9.79. The molecular formula is C26H34N6O. The van der Waals surface area contributed by atoms with Crippen LogP contribution < -0.4 is 15.0 Å². The smallest absolute Gasteiger partial charge is 0.152 e. The highest BCUT2D eigenvalue weighted by Gasteiger charge is 2.44. The number of rotatable bonds is 6. The van der Waals surface area contributed by atoms with Gasteiger partial charge < -0.3 is 15.0 Å². The molecule has 0 spiro atoms. The molecule has 7 heteroatoms. The zero-order valence-corrected chi connectivity index (χ0v) is 20.2. The third-order valence-corrected chi connectivity index (χ3v) is 6.75. The lowest BCUT2D eigenvalue weighted by molar-refractivity contribution is 0.157. The van der Waals surface area contributed by atoms with Gasteiger partial charge in [-0.15, -0.1) is 5.10 Å². The Balaban J connectivity index is 1.50. The quantitative estimate of drug-likeness (QED) is 0.565. The minimum atomic E-state index is 0.0801. The molecule has 174 valence electrons. The Morgan fingerprint density at radius 2 is 1.70 bits per heavy atom. The van der Waals surface area contributed by atoms with Crippen LogP contribution in [0, 0.1) is 0 Å². The molecular weight excluding hydrogens is 412 g/mol. The summed E-state index contributed by atoms with van der Waals surface area (Å²) in [4.78, 5) is 2.55. The summed E-state index contributed by atoms with van der Waals surface area (Å²) in [6, 6.07) is 9.41. The van der Waals surface area contributed by atoms with Crippen molar-refractivity contribution in [1.29, 1.82) is 0 Å². The van der Waals surface area contributed by atoms with Crippen LogP contribution in [0.4, 0.5) is 5.82 Å². The van der Waals surface area contributed by atoms with E-state index in [1.54, 1.807) is 7.11 Å². The largest absolute Gasteiger partial charge is 0.496 e. The van der Waals surface area contributed by atoms with Crippen LogP contribution in [0.3, 0.4) is 0 Å². The van der Waals surface area contributed by atoms with E-state index in [9.17, 15) is 0 Å². The minimum Gasteiger partial charge on any atom is -0.496 e. The Hall–Kier alpha value is -2.93. The molecule has 3 heterocycles. The van der Waals surface area contributed by atoms with E-state index in [2.05, 4.69) is 82.6 Å². The van der Waals surface area contributed by atoms with Crippen LogP contribution in [0.1, 0.15) is 53.4 Å². The second kappa shape index (κ2) is 8.13. The SMILES string of the molecule is COc1cc(-c2cn[nH]c2)ccc1-c1cnnc(N(C2CC2)C2CC(C)(C)NC(C)(C)C2)c1. The molecule has 33 heavy (non-hydrogen) atoms. The van der Waals surface area contributed by atoms with Crippen molar-refractivity contribution < 1.29 is 4.74 Å². The van der Waals surface area contributed by atoms with Gasteiger partial charge in [0.05, 0.1) is 19.5 Å². The Labute approximate surface area is 196 Å². The van der Waals surface area contributed by atoms with Crippen LogP contribution in [0.2, 0.25) is 0 Å². The molecule has 1 aromatic carbocycles. The van der Waals surface area contributed by atoms with Gasteiger partial charge in [-0.1, -0.05) is 6.07 Å². The average Bonchev–Trinajstić information content (AvgIpc) is 3.42. The van der Waals surface area contributed by atoms with E-state index < -0.39 is 0 Å². The van der Waals surface area contributed by atoms with Crippen LogP contribution >= 0.6 is 0 Å². The topological polar surface area (TPSA) is 79.0 Å². The molecule has 1 saturated carbocycles.